The van der Waals surface area contributed by atoms with E-state index in [1.54, 1.807) is 0 Å². The van der Waals surface area contributed by atoms with Gasteiger partial charge in [-0.15, -0.1) is 0 Å². The second kappa shape index (κ2) is 6.66. The van der Waals surface area contributed by atoms with Gasteiger partial charge in [0.05, 0.1) is 0 Å². The van der Waals surface area contributed by atoms with Crippen LogP contribution in [-0.4, -0.2) is 0 Å². The third kappa shape index (κ3) is 5.67. The number of unbranched alkanes of at least 4 members (excludes halogenated alkanes) is 2. The molecule has 0 fully saturated rings. The Labute approximate surface area is 64.3 Å². The van der Waals surface area contributed by atoms with Crippen molar-refractivity contribution in [2.75, 3.05) is 0 Å². The van der Waals surface area contributed by atoms with Gasteiger partial charge in [0.2, 0.25) is 0 Å². The van der Waals surface area contributed by atoms with Crippen LogP contribution in [0.1, 0.15) is 46.0 Å². The molecule has 0 atom stereocenters. The summed E-state index contributed by atoms with van der Waals surface area (Å²) in [7, 11) is 0. The molecule has 0 aromatic carbocycles. The number of hydrogen-bond donors (Lipinski definition) is 1. The molecule has 1 heteroatoms. The predicted octanol–water partition coefficient (Wildman–Crippen LogP) is 2.82. The van der Waals surface area contributed by atoms with Gasteiger partial charge < -0.3 is 5.73 Å². The molecule has 0 bridgehead atoms. The lowest BCUT2D eigenvalue weighted by Crippen LogP contribution is -1.96. The first-order chi connectivity index (χ1) is 4.81. The molecule has 0 unspecified atom stereocenters. The minimum atomic E-state index is 1.07. The Hall–Kier alpha value is -0.460. The lowest BCUT2D eigenvalue weighted by atomic mass is 10.1. The summed E-state index contributed by atoms with van der Waals surface area (Å²) in [6.45, 7) is 4.33. The maximum atomic E-state index is 5.69. The molecule has 0 saturated carbocycles. The van der Waals surface area contributed by atoms with Crippen LogP contribution in [0.2, 0.25) is 0 Å². The number of rotatable bonds is 5. The van der Waals surface area contributed by atoms with Crippen molar-refractivity contribution in [2.45, 2.75) is 46.0 Å². The minimum absolute atomic E-state index is 1.07. The highest BCUT2D eigenvalue weighted by molar-refractivity contribution is 4.94. The first-order valence-electron chi connectivity index (χ1n) is 4.25. The van der Waals surface area contributed by atoms with Crippen LogP contribution in [0, 0.1) is 0 Å². The Kier molecular flexibility index (Phi) is 6.35. The van der Waals surface area contributed by atoms with Gasteiger partial charge in [-0.25, -0.2) is 0 Å². The molecular weight excluding hydrogens is 122 g/mol. The highest BCUT2D eigenvalue weighted by Gasteiger charge is 1.88. The summed E-state index contributed by atoms with van der Waals surface area (Å²) in [6.07, 6.45) is 8.09. The summed E-state index contributed by atoms with van der Waals surface area (Å²) in [6, 6.07) is 0. The monoisotopic (exact) mass is 141 g/mol. The van der Waals surface area contributed by atoms with Crippen LogP contribution < -0.4 is 5.73 Å². The van der Waals surface area contributed by atoms with Crippen molar-refractivity contribution in [3.05, 3.63) is 11.8 Å². The smallest absolute Gasteiger partial charge is 0.00398 e. The van der Waals surface area contributed by atoms with Gasteiger partial charge in [-0.2, -0.15) is 0 Å². The lowest BCUT2D eigenvalue weighted by molar-refractivity contribution is 0.708. The molecule has 0 heterocycles. The SMILES string of the molecule is CC/C=C(\N)CCCCC. The predicted molar refractivity (Wildman–Crippen MR) is 46.7 cm³/mol. The second-order valence-corrected chi connectivity index (χ2v) is 2.64. The van der Waals surface area contributed by atoms with Crippen molar-refractivity contribution >= 4 is 0 Å². The van der Waals surface area contributed by atoms with E-state index in [9.17, 15) is 0 Å². The summed E-state index contributed by atoms with van der Waals surface area (Å²) >= 11 is 0. The van der Waals surface area contributed by atoms with Crippen LogP contribution >= 0.6 is 0 Å². The van der Waals surface area contributed by atoms with Gasteiger partial charge in [0, 0.05) is 5.70 Å². The first kappa shape index (κ1) is 9.54. The average Bonchev–Trinajstić information content (AvgIpc) is 1.89. The summed E-state index contributed by atoms with van der Waals surface area (Å²) < 4.78 is 0. The molecule has 0 radical (unpaired) electrons. The molecule has 0 saturated heterocycles. The van der Waals surface area contributed by atoms with Crippen LogP contribution in [0.3, 0.4) is 0 Å². The van der Waals surface area contributed by atoms with Gasteiger partial charge in [-0.3, -0.25) is 0 Å². The molecule has 60 valence electrons. The van der Waals surface area contributed by atoms with Crippen LogP contribution in [0.25, 0.3) is 0 Å². The quantitative estimate of drug-likeness (QED) is 0.585. The molecule has 10 heavy (non-hydrogen) atoms. The molecule has 0 aromatic rings. The zero-order valence-corrected chi connectivity index (χ0v) is 7.19. The summed E-state index contributed by atoms with van der Waals surface area (Å²) in [5.41, 5.74) is 6.75. The number of allylic oxidation sites excluding steroid dienone is 2. The van der Waals surface area contributed by atoms with Gasteiger partial charge in [0.1, 0.15) is 0 Å². The van der Waals surface area contributed by atoms with Crippen LogP contribution in [-0.2, 0) is 0 Å². The maximum absolute atomic E-state index is 5.69. The molecule has 0 aliphatic rings. The van der Waals surface area contributed by atoms with Crippen molar-refractivity contribution < 1.29 is 0 Å². The number of hydrogen-bond acceptors (Lipinski definition) is 1. The molecule has 2 N–H and O–H groups in total. The van der Waals surface area contributed by atoms with Crippen LogP contribution in [0.15, 0.2) is 11.8 Å². The Morgan fingerprint density at radius 3 is 2.50 bits per heavy atom. The average molecular weight is 141 g/mol. The van der Waals surface area contributed by atoms with Crippen LogP contribution in [0.4, 0.5) is 0 Å². The lowest BCUT2D eigenvalue weighted by Gasteiger charge is -1.98. The van der Waals surface area contributed by atoms with Gasteiger partial charge in [0.25, 0.3) is 0 Å². The fraction of sp³-hybridized carbons (Fsp3) is 0.778. The van der Waals surface area contributed by atoms with E-state index in [0.29, 0.717) is 0 Å². The molecular formula is C9H19N. The Bertz CT molecular complexity index is 94.9. The third-order valence-corrected chi connectivity index (χ3v) is 1.54. The van der Waals surface area contributed by atoms with E-state index in [0.717, 1.165) is 18.5 Å². The van der Waals surface area contributed by atoms with Gasteiger partial charge in [0.15, 0.2) is 0 Å². The Balaban J connectivity index is 3.21. The van der Waals surface area contributed by atoms with Crippen molar-refractivity contribution in [3.8, 4) is 0 Å². The topological polar surface area (TPSA) is 26.0 Å². The summed E-state index contributed by atoms with van der Waals surface area (Å²) in [4.78, 5) is 0. The highest BCUT2D eigenvalue weighted by atomic mass is 14.6. The molecule has 0 amide bonds. The minimum Gasteiger partial charge on any atom is -0.402 e. The largest absolute Gasteiger partial charge is 0.402 e. The van der Waals surface area contributed by atoms with E-state index in [4.69, 9.17) is 5.73 Å². The second-order valence-electron chi connectivity index (χ2n) is 2.64. The maximum Gasteiger partial charge on any atom is 0.00398 e. The molecule has 0 aliphatic heterocycles. The Morgan fingerprint density at radius 1 is 1.30 bits per heavy atom. The molecule has 0 spiro atoms. The fourth-order valence-electron chi connectivity index (χ4n) is 0.943. The van der Waals surface area contributed by atoms with Crippen molar-refractivity contribution in [1.29, 1.82) is 0 Å². The third-order valence-electron chi connectivity index (χ3n) is 1.54. The normalized spacial score (nSPS) is 12.0. The number of nitrogens with two attached hydrogens (primary N) is 1. The van der Waals surface area contributed by atoms with E-state index in [1.165, 1.54) is 19.3 Å². The van der Waals surface area contributed by atoms with E-state index < -0.39 is 0 Å². The summed E-state index contributed by atoms with van der Waals surface area (Å²) in [5.74, 6) is 0. The van der Waals surface area contributed by atoms with Crippen molar-refractivity contribution in [3.63, 3.8) is 0 Å². The zero-order valence-electron chi connectivity index (χ0n) is 7.19. The van der Waals surface area contributed by atoms with E-state index in [2.05, 4.69) is 19.9 Å². The van der Waals surface area contributed by atoms with Gasteiger partial charge >= 0.3 is 0 Å². The molecule has 0 rings (SSSR count). The standard InChI is InChI=1S/C9H19N/c1-3-5-6-8-9(10)7-4-2/h7H,3-6,8,10H2,1-2H3/b9-7-. The van der Waals surface area contributed by atoms with Gasteiger partial charge in [-0.05, 0) is 19.3 Å². The Morgan fingerprint density at radius 2 is 2.00 bits per heavy atom. The van der Waals surface area contributed by atoms with Crippen LogP contribution in [0.5, 0.6) is 0 Å². The highest BCUT2D eigenvalue weighted by Crippen LogP contribution is 2.04. The van der Waals surface area contributed by atoms with Gasteiger partial charge in [-0.1, -0.05) is 32.8 Å². The van der Waals surface area contributed by atoms with E-state index in [1.807, 2.05) is 0 Å². The molecule has 0 aromatic heterocycles. The first-order valence-corrected chi connectivity index (χ1v) is 4.25. The van der Waals surface area contributed by atoms with E-state index >= 15 is 0 Å². The molecule has 0 aliphatic carbocycles. The molecule has 1 nitrogen and oxygen atoms in total. The summed E-state index contributed by atoms with van der Waals surface area (Å²) in [5, 5.41) is 0. The van der Waals surface area contributed by atoms with Crippen molar-refractivity contribution in [2.24, 2.45) is 5.73 Å². The van der Waals surface area contributed by atoms with E-state index in [-0.39, 0.29) is 0 Å². The fourth-order valence-corrected chi connectivity index (χ4v) is 0.943. The zero-order chi connectivity index (χ0) is 7.82. The van der Waals surface area contributed by atoms with Crippen molar-refractivity contribution in [1.82, 2.24) is 0 Å².